The summed E-state index contributed by atoms with van der Waals surface area (Å²) in [6.07, 6.45) is 3.11. The maximum absolute atomic E-state index is 8.99. The maximum Gasteiger partial charge on any atom is 0.160 e. The van der Waals surface area contributed by atoms with Gasteiger partial charge in [-0.2, -0.15) is 0 Å². The molecule has 1 aromatic rings. The molecule has 1 rings (SSSR count). The second-order valence-corrected chi connectivity index (χ2v) is 5.68. The number of hydrogen-bond donors (Lipinski definition) is 2. The highest BCUT2D eigenvalue weighted by Gasteiger charge is 2.08. The molecule has 2 atom stereocenters. The van der Waals surface area contributed by atoms with E-state index in [2.05, 4.69) is 25.2 Å². The first-order valence-electron chi connectivity index (χ1n) is 7.65. The van der Waals surface area contributed by atoms with Crippen molar-refractivity contribution in [1.29, 1.82) is 0 Å². The predicted molar refractivity (Wildman–Crippen MR) is 86.2 cm³/mol. The fourth-order valence-electron chi connectivity index (χ4n) is 2.32. The second kappa shape index (κ2) is 9.64. The van der Waals surface area contributed by atoms with Gasteiger partial charge in [0.1, 0.15) is 0 Å². The second-order valence-electron chi connectivity index (χ2n) is 5.68. The summed E-state index contributed by atoms with van der Waals surface area (Å²) >= 11 is 0. The first kappa shape index (κ1) is 17.8. The van der Waals surface area contributed by atoms with Crippen LogP contribution in [0.3, 0.4) is 0 Å². The average molecular weight is 295 g/mol. The Kier molecular flexibility index (Phi) is 8.16. The van der Waals surface area contributed by atoms with Gasteiger partial charge in [0, 0.05) is 12.6 Å². The van der Waals surface area contributed by atoms with Gasteiger partial charge in [-0.3, -0.25) is 0 Å². The molecule has 0 heterocycles. The molecule has 21 heavy (non-hydrogen) atoms. The van der Waals surface area contributed by atoms with Gasteiger partial charge in [0.05, 0.1) is 14.2 Å². The van der Waals surface area contributed by atoms with Crippen LogP contribution in [0.1, 0.15) is 32.3 Å². The van der Waals surface area contributed by atoms with Crippen LogP contribution in [0.4, 0.5) is 0 Å². The predicted octanol–water partition coefficient (Wildman–Crippen LogP) is 2.63. The number of methoxy groups -OCH3 is 2. The summed E-state index contributed by atoms with van der Waals surface area (Å²) in [5.74, 6) is 1.94. The van der Waals surface area contributed by atoms with E-state index in [9.17, 15) is 0 Å². The smallest absolute Gasteiger partial charge is 0.160 e. The van der Waals surface area contributed by atoms with Gasteiger partial charge in [-0.15, -0.1) is 0 Å². The zero-order valence-electron chi connectivity index (χ0n) is 13.7. The van der Waals surface area contributed by atoms with Gasteiger partial charge in [-0.25, -0.2) is 0 Å². The summed E-state index contributed by atoms with van der Waals surface area (Å²) in [5, 5.41) is 12.5. The van der Waals surface area contributed by atoms with Crippen LogP contribution < -0.4 is 14.8 Å². The zero-order chi connectivity index (χ0) is 15.7. The first-order valence-corrected chi connectivity index (χ1v) is 7.65. The molecule has 2 unspecified atom stereocenters. The molecular weight excluding hydrogens is 266 g/mol. The number of aliphatic hydroxyl groups is 1. The van der Waals surface area contributed by atoms with Crippen molar-refractivity contribution in [3.8, 4) is 11.5 Å². The molecule has 4 heteroatoms. The minimum absolute atomic E-state index is 0.279. The van der Waals surface area contributed by atoms with Gasteiger partial charge in [0.15, 0.2) is 11.5 Å². The monoisotopic (exact) mass is 295 g/mol. The van der Waals surface area contributed by atoms with Crippen LogP contribution in [-0.2, 0) is 6.42 Å². The van der Waals surface area contributed by atoms with E-state index in [4.69, 9.17) is 14.6 Å². The lowest BCUT2D eigenvalue weighted by molar-refractivity contribution is 0.227. The van der Waals surface area contributed by atoms with Gasteiger partial charge < -0.3 is 19.9 Å². The van der Waals surface area contributed by atoms with Crippen LogP contribution in [0.5, 0.6) is 11.5 Å². The summed E-state index contributed by atoms with van der Waals surface area (Å²) in [4.78, 5) is 0. The van der Waals surface area contributed by atoms with E-state index >= 15 is 0 Å². The van der Waals surface area contributed by atoms with E-state index in [1.807, 2.05) is 12.1 Å². The van der Waals surface area contributed by atoms with Crippen LogP contribution in [0, 0.1) is 5.92 Å². The van der Waals surface area contributed by atoms with Crippen LogP contribution in [0.15, 0.2) is 18.2 Å². The van der Waals surface area contributed by atoms with Crippen molar-refractivity contribution >= 4 is 0 Å². The SMILES string of the molecule is COc1ccc(CC(C)NCCCC(C)CO)cc1OC. The van der Waals surface area contributed by atoms with Crippen molar-refractivity contribution in [2.75, 3.05) is 27.4 Å². The Hall–Kier alpha value is -1.26. The van der Waals surface area contributed by atoms with E-state index in [0.29, 0.717) is 12.0 Å². The van der Waals surface area contributed by atoms with Crippen molar-refractivity contribution < 1.29 is 14.6 Å². The van der Waals surface area contributed by atoms with E-state index < -0.39 is 0 Å². The lowest BCUT2D eigenvalue weighted by atomic mass is 10.0. The van der Waals surface area contributed by atoms with E-state index in [-0.39, 0.29) is 6.61 Å². The van der Waals surface area contributed by atoms with Crippen LogP contribution in [0.2, 0.25) is 0 Å². The lowest BCUT2D eigenvalue weighted by Crippen LogP contribution is -2.29. The molecule has 0 spiro atoms. The summed E-state index contributed by atoms with van der Waals surface area (Å²) in [6.45, 7) is 5.53. The third kappa shape index (κ3) is 6.36. The first-order chi connectivity index (χ1) is 10.1. The van der Waals surface area contributed by atoms with Crippen LogP contribution >= 0.6 is 0 Å². The number of aliphatic hydroxyl groups excluding tert-OH is 1. The highest BCUT2D eigenvalue weighted by atomic mass is 16.5. The molecule has 1 aromatic carbocycles. The molecule has 2 N–H and O–H groups in total. The highest BCUT2D eigenvalue weighted by molar-refractivity contribution is 5.43. The Morgan fingerprint density at radius 3 is 2.48 bits per heavy atom. The molecule has 4 nitrogen and oxygen atoms in total. The minimum Gasteiger partial charge on any atom is -0.493 e. The summed E-state index contributed by atoms with van der Waals surface area (Å²) in [7, 11) is 3.31. The molecule has 0 fully saturated rings. The highest BCUT2D eigenvalue weighted by Crippen LogP contribution is 2.27. The standard InChI is InChI=1S/C17H29NO3/c1-13(12-19)6-5-9-18-14(2)10-15-7-8-16(20-3)17(11-15)21-4/h7-8,11,13-14,18-19H,5-6,9-10,12H2,1-4H3. The molecule has 0 radical (unpaired) electrons. The van der Waals surface area contributed by atoms with Crippen molar-refractivity contribution in [1.82, 2.24) is 5.32 Å². The number of hydrogen-bond acceptors (Lipinski definition) is 4. The zero-order valence-corrected chi connectivity index (χ0v) is 13.7. The fourth-order valence-corrected chi connectivity index (χ4v) is 2.32. The molecule has 0 aliphatic rings. The number of rotatable bonds is 10. The molecule has 120 valence electrons. The number of benzene rings is 1. The van der Waals surface area contributed by atoms with E-state index in [1.54, 1.807) is 14.2 Å². The van der Waals surface area contributed by atoms with Gasteiger partial charge in [0.25, 0.3) is 0 Å². The van der Waals surface area contributed by atoms with Crippen LogP contribution in [-0.4, -0.2) is 38.5 Å². The van der Waals surface area contributed by atoms with Crippen LogP contribution in [0.25, 0.3) is 0 Å². The third-order valence-corrected chi connectivity index (χ3v) is 3.67. The van der Waals surface area contributed by atoms with Crippen molar-refractivity contribution in [2.45, 2.75) is 39.2 Å². The van der Waals surface area contributed by atoms with E-state index in [1.165, 1.54) is 5.56 Å². The number of nitrogens with one attached hydrogen (secondary N) is 1. The average Bonchev–Trinajstić information content (AvgIpc) is 2.51. The normalized spacial score (nSPS) is 13.8. The fraction of sp³-hybridized carbons (Fsp3) is 0.647. The molecule has 0 aliphatic carbocycles. The Bertz CT molecular complexity index is 409. The third-order valence-electron chi connectivity index (χ3n) is 3.67. The van der Waals surface area contributed by atoms with Gasteiger partial charge in [-0.1, -0.05) is 13.0 Å². The minimum atomic E-state index is 0.279. The quantitative estimate of drug-likeness (QED) is 0.652. The Balaban J connectivity index is 2.39. The maximum atomic E-state index is 8.99. The molecule has 0 aliphatic heterocycles. The van der Waals surface area contributed by atoms with Gasteiger partial charge in [-0.05, 0) is 56.3 Å². The molecule has 0 amide bonds. The largest absolute Gasteiger partial charge is 0.493 e. The van der Waals surface area contributed by atoms with Gasteiger partial charge >= 0.3 is 0 Å². The Morgan fingerprint density at radius 1 is 1.14 bits per heavy atom. The summed E-state index contributed by atoms with van der Waals surface area (Å²) in [6, 6.07) is 6.47. The molecular formula is C17H29NO3. The number of ether oxygens (including phenoxy) is 2. The van der Waals surface area contributed by atoms with Crippen molar-refractivity contribution in [3.63, 3.8) is 0 Å². The van der Waals surface area contributed by atoms with Crippen molar-refractivity contribution in [3.05, 3.63) is 23.8 Å². The van der Waals surface area contributed by atoms with Gasteiger partial charge in [0.2, 0.25) is 0 Å². The lowest BCUT2D eigenvalue weighted by Gasteiger charge is -2.16. The topological polar surface area (TPSA) is 50.7 Å². The summed E-state index contributed by atoms with van der Waals surface area (Å²) in [5.41, 5.74) is 1.23. The molecule has 0 bridgehead atoms. The Morgan fingerprint density at radius 2 is 1.86 bits per heavy atom. The molecule has 0 saturated heterocycles. The van der Waals surface area contributed by atoms with Crippen molar-refractivity contribution in [2.24, 2.45) is 5.92 Å². The summed E-state index contributed by atoms with van der Waals surface area (Å²) < 4.78 is 10.6. The molecule has 0 aromatic heterocycles. The van der Waals surface area contributed by atoms with E-state index in [0.717, 1.165) is 37.3 Å². The molecule has 0 saturated carbocycles. The Labute approximate surface area is 128 Å².